The van der Waals surface area contributed by atoms with Crippen molar-refractivity contribution in [3.8, 4) is 33.4 Å². The van der Waals surface area contributed by atoms with Gasteiger partial charge in [-0.3, -0.25) is 4.79 Å². The second-order valence-electron chi connectivity index (χ2n) is 8.63. The van der Waals surface area contributed by atoms with Gasteiger partial charge < -0.3 is 11.8 Å². The summed E-state index contributed by atoms with van der Waals surface area (Å²) < 4.78 is 0. The van der Waals surface area contributed by atoms with Crippen molar-refractivity contribution in [2.24, 2.45) is 0 Å². The van der Waals surface area contributed by atoms with Crippen molar-refractivity contribution in [2.45, 2.75) is 19.4 Å². The number of aryl methyl sites for hydroxylation is 1. The molecule has 4 rings (SSSR count). The second-order valence-corrected chi connectivity index (χ2v) is 9.62. The summed E-state index contributed by atoms with van der Waals surface area (Å²) >= 11 is 1.56. The smallest absolute Gasteiger partial charge is 1.00 e. The minimum absolute atomic E-state index is 0. The molecule has 4 aromatic carbocycles. The van der Waals surface area contributed by atoms with Crippen LogP contribution in [0.1, 0.15) is 23.8 Å². The molecule has 2 N–H and O–H groups in total. The fraction of sp³-hybridized carbons (Fsp3) is 0.161. The number of aliphatic carboxylic acids is 1. The molecule has 0 bridgehead atoms. The van der Waals surface area contributed by atoms with Crippen LogP contribution in [0.2, 0.25) is 0 Å². The van der Waals surface area contributed by atoms with Gasteiger partial charge in [0.1, 0.15) is 6.04 Å². The summed E-state index contributed by atoms with van der Waals surface area (Å²) in [4.78, 5) is 25.2. The summed E-state index contributed by atoms with van der Waals surface area (Å²) in [5.74, 6) is -0.759. The van der Waals surface area contributed by atoms with Gasteiger partial charge in [-0.2, -0.15) is 11.8 Å². The van der Waals surface area contributed by atoms with E-state index in [0.29, 0.717) is 17.7 Å². The van der Waals surface area contributed by atoms with Gasteiger partial charge in [0.25, 0.3) is 5.91 Å². The molecule has 0 fully saturated rings. The Labute approximate surface area is 236 Å². The van der Waals surface area contributed by atoms with Gasteiger partial charge >= 0.3 is 24.8 Å². The molecule has 1 amide bonds. The van der Waals surface area contributed by atoms with E-state index in [1.54, 1.807) is 11.8 Å². The summed E-state index contributed by atoms with van der Waals surface area (Å²) in [7, 11) is 0. The van der Waals surface area contributed by atoms with Crippen LogP contribution in [-0.4, -0.2) is 35.0 Å². The number of carboxylic acid groups (broad SMARTS) is 1. The van der Waals surface area contributed by atoms with Gasteiger partial charge in [0.2, 0.25) is 0 Å². The summed E-state index contributed by atoms with van der Waals surface area (Å²) in [6.45, 7) is 2.01. The van der Waals surface area contributed by atoms with Gasteiger partial charge in [0.05, 0.1) is 0 Å². The van der Waals surface area contributed by atoms with E-state index >= 15 is 0 Å². The number of thioether (sulfide) groups is 1. The molecule has 0 saturated heterocycles. The molecule has 0 aliphatic carbocycles. The van der Waals surface area contributed by atoms with E-state index in [-0.39, 0.29) is 26.2 Å². The van der Waals surface area contributed by atoms with Crippen LogP contribution >= 0.6 is 11.8 Å². The fourth-order valence-corrected chi connectivity index (χ4v) is 4.81. The van der Waals surface area contributed by atoms with Crippen LogP contribution in [0.15, 0.2) is 97.1 Å². The maximum atomic E-state index is 13.4. The first kappa shape index (κ1) is 28.3. The van der Waals surface area contributed by atoms with E-state index in [9.17, 15) is 14.7 Å². The van der Waals surface area contributed by atoms with Gasteiger partial charge in [0.15, 0.2) is 0 Å². The molecule has 0 aliphatic rings. The van der Waals surface area contributed by atoms with Crippen LogP contribution < -0.4 is 24.2 Å². The normalized spacial score (nSPS) is 11.3. The molecule has 0 heterocycles. The van der Waals surface area contributed by atoms with Crippen LogP contribution in [-0.2, 0) is 4.79 Å². The predicted molar refractivity (Wildman–Crippen MR) is 150 cm³/mol. The maximum Gasteiger partial charge on any atom is 1.00 e. The Kier molecular flexibility index (Phi) is 10.2. The number of hydrogen-bond acceptors (Lipinski definition) is 3. The van der Waals surface area contributed by atoms with E-state index < -0.39 is 12.0 Å². The monoisotopic (exact) mass is 503 g/mol. The molecule has 0 saturated carbocycles. The van der Waals surface area contributed by atoms with Gasteiger partial charge in [-0.05, 0) is 76.4 Å². The largest absolute Gasteiger partial charge is 1.00 e. The molecule has 1 atom stereocenters. The summed E-state index contributed by atoms with van der Waals surface area (Å²) in [6.07, 6.45) is 2.29. The number of carbonyl (C=O) groups is 2. The maximum absolute atomic E-state index is 13.4. The van der Waals surface area contributed by atoms with Gasteiger partial charge in [0, 0.05) is 5.56 Å². The number of amides is 1. The number of carboxylic acids is 1. The van der Waals surface area contributed by atoms with E-state index in [2.05, 4.69) is 29.6 Å². The average molecular weight is 504 g/mol. The SMILES string of the molecule is CSCC[C@H](NC(=O)c1ccc(-c2ccccc2-c2ccccc2)cc1-c1ccccc1C)C(=O)O.[H-].[Li+]. The second kappa shape index (κ2) is 13.4. The topological polar surface area (TPSA) is 66.4 Å². The number of benzene rings is 4. The molecule has 4 aromatic rings. The zero-order chi connectivity index (χ0) is 25.5. The van der Waals surface area contributed by atoms with E-state index in [0.717, 1.165) is 38.9 Å². The third kappa shape index (κ3) is 6.75. The molecular weight excluding hydrogens is 473 g/mol. The minimum atomic E-state index is -1.02. The Bertz CT molecular complexity index is 1380. The van der Waals surface area contributed by atoms with Crippen LogP contribution in [0, 0.1) is 6.92 Å². The minimum Gasteiger partial charge on any atom is -1.00 e. The predicted octanol–water partition coefficient (Wildman–Crippen LogP) is 4.05. The van der Waals surface area contributed by atoms with Crippen LogP contribution in [0.3, 0.4) is 0 Å². The number of nitrogens with one attached hydrogen (secondary N) is 1. The Balaban J connectivity index is 0.00000253. The zero-order valence-corrected chi connectivity index (χ0v) is 22.2. The van der Waals surface area contributed by atoms with Crippen molar-refractivity contribution in [1.82, 2.24) is 5.32 Å². The van der Waals surface area contributed by atoms with Crippen molar-refractivity contribution < 1.29 is 35.0 Å². The molecule has 6 heteroatoms. The quantitative estimate of drug-likeness (QED) is 0.338. The van der Waals surface area contributed by atoms with E-state index in [1.807, 2.05) is 86.0 Å². The van der Waals surface area contributed by atoms with Crippen LogP contribution in [0.4, 0.5) is 0 Å². The van der Waals surface area contributed by atoms with Crippen molar-refractivity contribution >= 4 is 23.6 Å². The molecule has 4 nitrogen and oxygen atoms in total. The molecular formula is C31H30LiNO3S. The van der Waals surface area contributed by atoms with Crippen molar-refractivity contribution in [1.29, 1.82) is 0 Å². The first-order valence-electron chi connectivity index (χ1n) is 11.9. The Morgan fingerprint density at radius 1 is 0.811 bits per heavy atom. The molecule has 0 aliphatic heterocycles. The van der Waals surface area contributed by atoms with E-state index in [4.69, 9.17) is 0 Å². The molecule has 0 aromatic heterocycles. The Morgan fingerprint density at radius 3 is 2.03 bits per heavy atom. The van der Waals surface area contributed by atoms with Crippen LogP contribution in [0.5, 0.6) is 0 Å². The molecule has 184 valence electrons. The molecule has 0 unspecified atom stereocenters. The Morgan fingerprint density at radius 2 is 1.41 bits per heavy atom. The first-order valence-corrected chi connectivity index (χ1v) is 13.3. The number of rotatable bonds is 9. The summed E-state index contributed by atoms with van der Waals surface area (Å²) in [5, 5.41) is 12.4. The van der Waals surface area contributed by atoms with Crippen molar-refractivity contribution in [2.75, 3.05) is 12.0 Å². The third-order valence-corrected chi connectivity index (χ3v) is 6.88. The molecule has 0 radical (unpaired) electrons. The standard InChI is InChI=1S/C31H29NO3S.Li.H/c1-21-10-6-7-13-24(21)28-20-23(26-15-9-8-14-25(26)22-11-4-3-5-12-22)16-17-27(28)30(33)32-29(31(34)35)18-19-36-2;;/h3-17,20,29H,18-19H2,1-2H3,(H,32,33)(H,34,35);;/q;+1;-1/t29-;;/m0../s1. The van der Waals surface area contributed by atoms with Gasteiger partial charge in [-0.1, -0.05) is 84.9 Å². The summed E-state index contributed by atoms with van der Waals surface area (Å²) in [5.41, 5.74) is 7.49. The fourth-order valence-electron chi connectivity index (χ4n) is 4.34. The number of carbonyl (C=O) groups excluding carboxylic acids is 1. The van der Waals surface area contributed by atoms with Gasteiger partial charge in [-0.15, -0.1) is 0 Å². The van der Waals surface area contributed by atoms with Crippen LogP contribution in [0.25, 0.3) is 33.4 Å². The van der Waals surface area contributed by atoms with E-state index in [1.165, 1.54) is 0 Å². The zero-order valence-electron chi connectivity index (χ0n) is 22.4. The average Bonchev–Trinajstić information content (AvgIpc) is 2.91. The van der Waals surface area contributed by atoms with Gasteiger partial charge in [-0.25, -0.2) is 4.79 Å². The number of hydrogen-bond donors (Lipinski definition) is 2. The molecule has 0 spiro atoms. The van der Waals surface area contributed by atoms with Crippen molar-refractivity contribution in [3.63, 3.8) is 0 Å². The first-order chi connectivity index (χ1) is 17.5. The molecule has 37 heavy (non-hydrogen) atoms. The summed E-state index contributed by atoms with van der Waals surface area (Å²) in [6, 6.07) is 31.2. The van der Waals surface area contributed by atoms with Crippen molar-refractivity contribution in [3.05, 3.63) is 108 Å². The third-order valence-electron chi connectivity index (χ3n) is 6.24. The Hall–Kier alpha value is -3.23.